The highest BCUT2D eigenvalue weighted by atomic mass is 16.3. The van der Waals surface area contributed by atoms with E-state index in [-0.39, 0.29) is 6.61 Å². The van der Waals surface area contributed by atoms with Gasteiger partial charge >= 0.3 is 0 Å². The van der Waals surface area contributed by atoms with Crippen LogP contribution < -0.4 is 5.32 Å². The molecule has 0 amide bonds. The molecule has 0 unspecified atom stereocenters. The zero-order valence-corrected chi connectivity index (χ0v) is 8.11. The van der Waals surface area contributed by atoms with Crippen LogP contribution in [0.3, 0.4) is 0 Å². The second-order valence-electron chi connectivity index (χ2n) is 3.35. The maximum absolute atomic E-state index is 8.62. The molecule has 0 aliphatic heterocycles. The van der Waals surface area contributed by atoms with Gasteiger partial charge in [0.15, 0.2) is 0 Å². The molecule has 3 N–H and O–H groups in total. The molecule has 0 bridgehead atoms. The van der Waals surface area contributed by atoms with Crippen molar-refractivity contribution in [3.8, 4) is 0 Å². The number of rotatable bonds is 5. The van der Waals surface area contributed by atoms with Crippen LogP contribution >= 0.6 is 0 Å². The molecule has 0 aliphatic rings. The van der Waals surface area contributed by atoms with Gasteiger partial charge in [-0.3, -0.25) is 0 Å². The summed E-state index contributed by atoms with van der Waals surface area (Å²) in [7, 11) is 0. The third-order valence-corrected chi connectivity index (χ3v) is 2.22. The normalized spacial score (nSPS) is 12.8. The monoisotopic (exact) mass is 180 g/mol. The number of hydrogen-bond acceptors (Lipinski definition) is 1. The maximum atomic E-state index is 8.62. The Morgan fingerprint density at radius 1 is 1.31 bits per heavy atom. The Hall–Kier alpha value is -0.860. The Morgan fingerprint density at radius 2 is 2.00 bits per heavy atom. The van der Waals surface area contributed by atoms with Gasteiger partial charge in [0, 0.05) is 5.92 Å². The average molecular weight is 180 g/mol. The van der Waals surface area contributed by atoms with E-state index in [0.29, 0.717) is 5.92 Å². The van der Waals surface area contributed by atoms with E-state index in [2.05, 4.69) is 36.5 Å². The summed E-state index contributed by atoms with van der Waals surface area (Å²) in [4.78, 5) is 0. The highest BCUT2D eigenvalue weighted by Gasteiger charge is 2.05. The minimum atomic E-state index is 0.265. The second-order valence-corrected chi connectivity index (χ2v) is 3.35. The van der Waals surface area contributed by atoms with Crippen molar-refractivity contribution in [2.45, 2.75) is 12.8 Å². The lowest BCUT2D eigenvalue weighted by Crippen LogP contribution is -2.86. The van der Waals surface area contributed by atoms with Crippen LogP contribution in [0.2, 0.25) is 0 Å². The summed E-state index contributed by atoms with van der Waals surface area (Å²) in [6, 6.07) is 10.5. The summed E-state index contributed by atoms with van der Waals surface area (Å²) in [5, 5.41) is 10.8. The van der Waals surface area contributed by atoms with Crippen LogP contribution in [0.15, 0.2) is 30.3 Å². The van der Waals surface area contributed by atoms with Gasteiger partial charge in [0.05, 0.1) is 19.7 Å². The van der Waals surface area contributed by atoms with Crippen molar-refractivity contribution in [2.75, 3.05) is 19.7 Å². The van der Waals surface area contributed by atoms with Gasteiger partial charge in [0.1, 0.15) is 0 Å². The standard InChI is InChI=1S/C11H17NO/c1-10(9-12-7-8-13)11-5-3-2-4-6-11/h2-6,10,12-13H,7-9H2,1H3/p+1/t10-/m1/s1. The fourth-order valence-corrected chi connectivity index (χ4v) is 1.38. The van der Waals surface area contributed by atoms with Gasteiger partial charge in [-0.1, -0.05) is 37.3 Å². The molecule has 1 atom stereocenters. The Labute approximate surface area is 79.6 Å². The second kappa shape index (κ2) is 5.73. The summed E-state index contributed by atoms with van der Waals surface area (Å²) in [5.74, 6) is 0.563. The lowest BCUT2D eigenvalue weighted by atomic mass is 10.0. The molecule has 0 radical (unpaired) electrons. The van der Waals surface area contributed by atoms with Crippen LogP contribution in [0, 0.1) is 0 Å². The number of nitrogens with two attached hydrogens (primary N) is 1. The Kier molecular flexibility index (Phi) is 4.50. The third kappa shape index (κ3) is 3.57. The third-order valence-electron chi connectivity index (χ3n) is 2.22. The van der Waals surface area contributed by atoms with Gasteiger partial charge in [-0.2, -0.15) is 0 Å². The van der Waals surface area contributed by atoms with Gasteiger partial charge in [0.2, 0.25) is 0 Å². The zero-order valence-electron chi connectivity index (χ0n) is 8.11. The van der Waals surface area contributed by atoms with E-state index in [1.165, 1.54) is 5.56 Å². The lowest BCUT2D eigenvalue weighted by molar-refractivity contribution is -0.657. The van der Waals surface area contributed by atoms with Gasteiger partial charge in [-0.05, 0) is 5.56 Å². The lowest BCUT2D eigenvalue weighted by Gasteiger charge is -2.09. The number of benzene rings is 1. The fraction of sp³-hybridized carbons (Fsp3) is 0.455. The van der Waals surface area contributed by atoms with Crippen molar-refractivity contribution in [1.82, 2.24) is 0 Å². The molecule has 1 rings (SSSR count). The number of quaternary nitrogens is 1. The molecule has 0 spiro atoms. The molecule has 0 fully saturated rings. The summed E-state index contributed by atoms with van der Waals surface area (Å²) in [5.41, 5.74) is 1.37. The van der Waals surface area contributed by atoms with Gasteiger partial charge < -0.3 is 10.4 Å². The fourth-order valence-electron chi connectivity index (χ4n) is 1.38. The topological polar surface area (TPSA) is 36.8 Å². The molecular weight excluding hydrogens is 162 g/mol. The smallest absolute Gasteiger partial charge is 0.0990 e. The molecule has 2 heteroatoms. The van der Waals surface area contributed by atoms with Crippen molar-refractivity contribution < 1.29 is 10.4 Å². The van der Waals surface area contributed by atoms with Crippen molar-refractivity contribution >= 4 is 0 Å². The first-order chi connectivity index (χ1) is 6.34. The predicted molar refractivity (Wildman–Crippen MR) is 53.6 cm³/mol. The molecule has 0 saturated heterocycles. The van der Waals surface area contributed by atoms with E-state index in [4.69, 9.17) is 5.11 Å². The van der Waals surface area contributed by atoms with Crippen molar-refractivity contribution in [3.63, 3.8) is 0 Å². The van der Waals surface area contributed by atoms with E-state index in [9.17, 15) is 0 Å². The van der Waals surface area contributed by atoms with Crippen LogP contribution in [0.1, 0.15) is 18.4 Å². The number of aliphatic hydroxyl groups excluding tert-OH is 1. The van der Waals surface area contributed by atoms with Crippen LogP contribution in [0.5, 0.6) is 0 Å². The highest BCUT2D eigenvalue weighted by molar-refractivity contribution is 5.18. The zero-order chi connectivity index (χ0) is 9.52. The van der Waals surface area contributed by atoms with Gasteiger partial charge in [-0.15, -0.1) is 0 Å². The van der Waals surface area contributed by atoms with Crippen molar-refractivity contribution in [1.29, 1.82) is 0 Å². The minimum absolute atomic E-state index is 0.265. The Bertz CT molecular complexity index is 223. The van der Waals surface area contributed by atoms with Crippen LogP contribution in [0.25, 0.3) is 0 Å². The maximum Gasteiger partial charge on any atom is 0.0990 e. The van der Waals surface area contributed by atoms with E-state index in [0.717, 1.165) is 13.1 Å². The molecule has 1 aromatic rings. The predicted octanol–water partition coefficient (Wildman–Crippen LogP) is 0.346. The van der Waals surface area contributed by atoms with E-state index in [1.807, 2.05) is 6.07 Å². The molecule has 0 heterocycles. The molecule has 0 aliphatic carbocycles. The van der Waals surface area contributed by atoms with Gasteiger partial charge in [-0.25, -0.2) is 0 Å². The first-order valence-electron chi connectivity index (χ1n) is 4.82. The number of aliphatic hydroxyl groups is 1. The van der Waals surface area contributed by atoms with E-state index >= 15 is 0 Å². The Morgan fingerprint density at radius 3 is 2.62 bits per heavy atom. The van der Waals surface area contributed by atoms with E-state index < -0.39 is 0 Å². The molecule has 0 aromatic heterocycles. The molecule has 13 heavy (non-hydrogen) atoms. The first-order valence-corrected chi connectivity index (χ1v) is 4.82. The quantitative estimate of drug-likeness (QED) is 0.630. The highest BCUT2D eigenvalue weighted by Crippen LogP contribution is 2.11. The Balaban J connectivity index is 2.35. The van der Waals surface area contributed by atoms with Crippen molar-refractivity contribution in [3.05, 3.63) is 35.9 Å². The summed E-state index contributed by atoms with van der Waals surface area (Å²) in [6.45, 7) is 4.33. The molecule has 2 nitrogen and oxygen atoms in total. The van der Waals surface area contributed by atoms with Crippen LogP contribution in [0.4, 0.5) is 0 Å². The SMILES string of the molecule is C[C@H](C[NH2+]CCO)c1ccccc1. The van der Waals surface area contributed by atoms with Gasteiger partial charge in [0.25, 0.3) is 0 Å². The molecule has 0 saturated carbocycles. The number of hydrogen-bond donors (Lipinski definition) is 2. The minimum Gasteiger partial charge on any atom is -0.391 e. The molecular formula is C11H18NO+. The van der Waals surface area contributed by atoms with Crippen LogP contribution in [-0.2, 0) is 0 Å². The average Bonchev–Trinajstić information content (AvgIpc) is 2.19. The van der Waals surface area contributed by atoms with Crippen molar-refractivity contribution in [2.24, 2.45) is 0 Å². The van der Waals surface area contributed by atoms with Crippen LogP contribution in [-0.4, -0.2) is 24.8 Å². The molecule has 72 valence electrons. The summed E-state index contributed by atoms with van der Waals surface area (Å²) < 4.78 is 0. The largest absolute Gasteiger partial charge is 0.391 e. The molecule has 1 aromatic carbocycles. The van der Waals surface area contributed by atoms with E-state index in [1.54, 1.807) is 0 Å². The first kappa shape index (κ1) is 10.2. The summed E-state index contributed by atoms with van der Waals surface area (Å²) >= 11 is 0. The summed E-state index contributed by atoms with van der Waals surface area (Å²) in [6.07, 6.45) is 0.